The van der Waals surface area contributed by atoms with Gasteiger partial charge in [-0.05, 0) is 0 Å². The number of primary amides is 1. The number of amides is 1. The monoisotopic (exact) mass is 197 g/mol. The average Bonchev–Trinajstić information content (AvgIpc) is 2.15. The molecule has 7 heteroatoms. The molecule has 1 aromatic heterocycles. The van der Waals surface area contributed by atoms with Gasteiger partial charge in [-0.1, -0.05) is 0 Å². The van der Waals surface area contributed by atoms with Crippen LogP contribution in [-0.4, -0.2) is 29.2 Å². The first-order chi connectivity index (χ1) is 6.70. The minimum absolute atomic E-state index is 0.158. The SMILES string of the molecule is NC(=O)OCCNc1nccnc1N. The molecule has 76 valence electrons. The third kappa shape index (κ3) is 3.13. The van der Waals surface area contributed by atoms with E-state index in [1.54, 1.807) is 0 Å². The summed E-state index contributed by atoms with van der Waals surface area (Å²) in [6.07, 6.45) is 2.19. The van der Waals surface area contributed by atoms with Gasteiger partial charge >= 0.3 is 6.09 Å². The van der Waals surface area contributed by atoms with Crippen LogP contribution in [0.3, 0.4) is 0 Å². The van der Waals surface area contributed by atoms with Crippen molar-refractivity contribution in [2.75, 3.05) is 24.2 Å². The van der Waals surface area contributed by atoms with Gasteiger partial charge in [0.15, 0.2) is 11.6 Å². The van der Waals surface area contributed by atoms with E-state index < -0.39 is 6.09 Å². The summed E-state index contributed by atoms with van der Waals surface area (Å²) in [6, 6.07) is 0. The van der Waals surface area contributed by atoms with E-state index in [4.69, 9.17) is 11.5 Å². The first kappa shape index (κ1) is 10.0. The lowest BCUT2D eigenvalue weighted by Crippen LogP contribution is -2.19. The minimum atomic E-state index is -0.807. The molecule has 0 saturated carbocycles. The van der Waals surface area contributed by atoms with Gasteiger partial charge in [0.05, 0.1) is 6.54 Å². The first-order valence-corrected chi connectivity index (χ1v) is 3.92. The van der Waals surface area contributed by atoms with Crippen molar-refractivity contribution in [1.82, 2.24) is 9.97 Å². The topological polar surface area (TPSA) is 116 Å². The summed E-state index contributed by atoms with van der Waals surface area (Å²) in [5.74, 6) is 0.757. The van der Waals surface area contributed by atoms with Crippen molar-refractivity contribution in [2.24, 2.45) is 5.73 Å². The number of rotatable bonds is 4. The van der Waals surface area contributed by atoms with E-state index in [0.717, 1.165) is 0 Å². The minimum Gasteiger partial charge on any atom is -0.448 e. The number of hydrogen-bond acceptors (Lipinski definition) is 6. The lowest BCUT2D eigenvalue weighted by Gasteiger charge is -2.06. The van der Waals surface area contributed by atoms with Crippen LogP contribution in [0.1, 0.15) is 0 Å². The molecule has 0 aliphatic carbocycles. The first-order valence-electron chi connectivity index (χ1n) is 3.92. The molecular weight excluding hydrogens is 186 g/mol. The van der Waals surface area contributed by atoms with Crippen molar-refractivity contribution in [3.05, 3.63) is 12.4 Å². The molecule has 0 spiro atoms. The van der Waals surface area contributed by atoms with Crippen molar-refractivity contribution in [1.29, 1.82) is 0 Å². The number of nitrogens with one attached hydrogen (secondary N) is 1. The molecule has 0 saturated heterocycles. The van der Waals surface area contributed by atoms with Gasteiger partial charge in [-0.15, -0.1) is 0 Å². The number of anilines is 2. The van der Waals surface area contributed by atoms with Crippen LogP contribution in [0.5, 0.6) is 0 Å². The molecule has 0 aromatic carbocycles. The average molecular weight is 197 g/mol. The summed E-state index contributed by atoms with van der Waals surface area (Å²) >= 11 is 0. The van der Waals surface area contributed by atoms with Gasteiger partial charge in [0.1, 0.15) is 6.61 Å². The maximum absolute atomic E-state index is 10.2. The fourth-order valence-electron chi connectivity index (χ4n) is 0.806. The fourth-order valence-corrected chi connectivity index (χ4v) is 0.806. The van der Waals surface area contributed by atoms with Crippen LogP contribution in [0.4, 0.5) is 16.4 Å². The molecule has 0 fully saturated rings. The Labute approximate surface area is 80.5 Å². The fraction of sp³-hybridized carbons (Fsp3) is 0.286. The number of carbonyl (C=O) groups excluding carboxylic acids is 1. The van der Waals surface area contributed by atoms with Gasteiger partial charge in [-0.3, -0.25) is 0 Å². The smallest absolute Gasteiger partial charge is 0.404 e. The molecule has 0 unspecified atom stereocenters. The molecule has 7 nitrogen and oxygen atoms in total. The van der Waals surface area contributed by atoms with E-state index in [-0.39, 0.29) is 6.61 Å². The van der Waals surface area contributed by atoms with Crippen molar-refractivity contribution < 1.29 is 9.53 Å². The quantitative estimate of drug-likeness (QED) is 0.564. The lowest BCUT2D eigenvalue weighted by atomic mass is 10.5. The van der Waals surface area contributed by atoms with Crippen molar-refractivity contribution in [2.45, 2.75) is 0 Å². The molecular formula is C7H11N5O2. The molecule has 0 aliphatic heterocycles. The number of nitrogens with zero attached hydrogens (tertiary/aromatic N) is 2. The predicted molar refractivity (Wildman–Crippen MR) is 50.5 cm³/mol. The van der Waals surface area contributed by atoms with E-state index >= 15 is 0 Å². The highest BCUT2D eigenvalue weighted by Gasteiger charge is 1.99. The van der Waals surface area contributed by atoms with Crippen LogP contribution < -0.4 is 16.8 Å². The molecule has 14 heavy (non-hydrogen) atoms. The van der Waals surface area contributed by atoms with Crippen LogP contribution in [-0.2, 0) is 4.74 Å². The summed E-state index contributed by atoms with van der Waals surface area (Å²) in [6.45, 7) is 0.539. The molecule has 1 rings (SSSR count). The van der Waals surface area contributed by atoms with Crippen molar-refractivity contribution in [3.8, 4) is 0 Å². The maximum atomic E-state index is 10.2. The van der Waals surface area contributed by atoms with Gasteiger partial charge in [0, 0.05) is 12.4 Å². The second-order valence-electron chi connectivity index (χ2n) is 2.38. The molecule has 0 aliphatic rings. The van der Waals surface area contributed by atoms with Crippen LogP contribution >= 0.6 is 0 Å². The highest BCUT2D eigenvalue weighted by Crippen LogP contribution is 2.08. The van der Waals surface area contributed by atoms with Crippen LogP contribution in [0.2, 0.25) is 0 Å². The third-order valence-electron chi connectivity index (χ3n) is 1.37. The zero-order valence-electron chi connectivity index (χ0n) is 7.43. The highest BCUT2D eigenvalue weighted by atomic mass is 16.5. The van der Waals surface area contributed by atoms with E-state index in [1.807, 2.05) is 0 Å². The van der Waals surface area contributed by atoms with Gasteiger partial charge in [0.25, 0.3) is 0 Å². The lowest BCUT2D eigenvalue weighted by molar-refractivity contribution is 0.161. The van der Waals surface area contributed by atoms with E-state index in [1.165, 1.54) is 12.4 Å². The molecule has 0 bridgehead atoms. The van der Waals surface area contributed by atoms with Gasteiger partial charge < -0.3 is 21.5 Å². The van der Waals surface area contributed by atoms with E-state index in [0.29, 0.717) is 18.2 Å². The number of carbonyl (C=O) groups is 1. The second kappa shape index (κ2) is 4.85. The Morgan fingerprint density at radius 1 is 1.50 bits per heavy atom. The summed E-state index contributed by atoms with van der Waals surface area (Å²) in [7, 11) is 0. The Morgan fingerprint density at radius 3 is 2.86 bits per heavy atom. The standard InChI is InChI=1S/C7H11N5O2/c8-5-6(11-2-1-10-5)12-3-4-14-7(9)13/h1-2H,3-4H2,(H2,8,10)(H2,9,13)(H,11,12). The zero-order chi connectivity index (χ0) is 10.4. The van der Waals surface area contributed by atoms with Gasteiger partial charge in [0.2, 0.25) is 0 Å². The molecule has 1 amide bonds. The number of hydrogen-bond donors (Lipinski definition) is 3. The maximum Gasteiger partial charge on any atom is 0.404 e. The molecule has 0 atom stereocenters. The number of aromatic nitrogens is 2. The summed E-state index contributed by atoms with van der Waals surface area (Å²) in [5.41, 5.74) is 10.3. The van der Waals surface area contributed by atoms with Crippen molar-refractivity contribution >= 4 is 17.7 Å². The van der Waals surface area contributed by atoms with E-state index in [9.17, 15) is 4.79 Å². The third-order valence-corrected chi connectivity index (χ3v) is 1.37. The number of ether oxygens (including phenoxy) is 1. The Hall–Kier alpha value is -2.05. The van der Waals surface area contributed by atoms with Gasteiger partial charge in [-0.2, -0.15) is 0 Å². The Bertz CT molecular complexity index is 317. The summed E-state index contributed by atoms with van der Waals surface area (Å²) in [4.78, 5) is 17.9. The highest BCUT2D eigenvalue weighted by molar-refractivity contribution is 5.64. The number of nitrogens with two attached hydrogens (primary N) is 2. The zero-order valence-corrected chi connectivity index (χ0v) is 7.43. The summed E-state index contributed by atoms with van der Waals surface area (Å²) < 4.78 is 4.49. The molecule has 1 heterocycles. The predicted octanol–water partition coefficient (Wildman–Crippen LogP) is -0.434. The van der Waals surface area contributed by atoms with E-state index in [2.05, 4.69) is 20.0 Å². The largest absolute Gasteiger partial charge is 0.448 e. The normalized spacial score (nSPS) is 9.43. The van der Waals surface area contributed by atoms with Gasteiger partial charge in [-0.25, -0.2) is 14.8 Å². The molecule has 5 N–H and O–H groups in total. The number of nitrogen functional groups attached to an aromatic ring is 1. The van der Waals surface area contributed by atoms with Crippen LogP contribution in [0, 0.1) is 0 Å². The van der Waals surface area contributed by atoms with Crippen LogP contribution in [0.25, 0.3) is 0 Å². The summed E-state index contributed by atoms with van der Waals surface area (Å²) in [5, 5.41) is 2.84. The Balaban J connectivity index is 2.31. The molecule has 0 radical (unpaired) electrons. The van der Waals surface area contributed by atoms with Crippen LogP contribution in [0.15, 0.2) is 12.4 Å². The van der Waals surface area contributed by atoms with Crippen molar-refractivity contribution in [3.63, 3.8) is 0 Å². The Morgan fingerprint density at radius 2 is 2.21 bits per heavy atom. The second-order valence-corrected chi connectivity index (χ2v) is 2.38. The Kier molecular flexibility index (Phi) is 3.48. The molecule has 1 aromatic rings.